The summed E-state index contributed by atoms with van der Waals surface area (Å²) in [5, 5.41) is 3.60. The van der Waals surface area contributed by atoms with Gasteiger partial charge in [0, 0.05) is 51.0 Å². The van der Waals surface area contributed by atoms with Gasteiger partial charge in [-0.3, -0.25) is 4.90 Å². The fraction of sp³-hybridized carbons (Fsp3) is 0.478. The topological polar surface area (TPSA) is 37.0 Å². The van der Waals surface area contributed by atoms with Gasteiger partial charge in [-0.25, -0.2) is 4.39 Å². The average Bonchev–Trinajstić information content (AvgIpc) is 2.79. The molecule has 2 aliphatic rings. The largest absolute Gasteiger partial charge is 0.379 e. The number of nitrogens with one attached hydrogen (secondary N) is 1. The van der Waals surface area contributed by atoms with Gasteiger partial charge < -0.3 is 19.7 Å². The van der Waals surface area contributed by atoms with Crippen LogP contribution in [-0.4, -0.2) is 64.1 Å². The van der Waals surface area contributed by atoms with E-state index < -0.39 is 0 Å². The highest BCUT2D eigenvalue weighted by Gasteiger charge is 2.22. The van der Waals surface area contributed by atoms with Crippen LogP contribution in [0.5, 0.6) is 0 Å². The van der Waals surface area contributed by atoms with Gasteiger partial charge in [-0.1, -0.05) is 24.3 Å². The molecule has 1 unspecified atom stereocenters. The molecule has 0 bridgehead atoms. The molecule has 0 amide bonds. The minimum atomic E-state index is -0.192. The molecule has 29 heavy (non-hydrogen) atoms. The van der Waals surface area contributed by atoms with Crippen LogP contribution in [0.2, 0.25) is 0 Å². The Kier molecular flexibility index (Phi) is 7.11. The molecule has 0 aliphatic carbocycles. The van der Waals surface area contributed by atoms with E-state index in [9.17, 15) is 4.39 Å². The van der Waals surface area contributed by atoms with Crippen molar-refractivity contribution in [2.24, 2.45) is 0 Å². The van der Waals surface area contributed by atoms with Crippen LogP contribution in [0.4, 0.5) is 10.1 Å². The maximum absolute atomic E-state index is 13.4. The second-order valence-electron chi connectivity index (χ2n) is 7.61. The van der Waals surface area contributed by atoms with Crippen LogP contribution in [0.3, 0.4) is 0 Å². The van der Waals surface area contributed by atoms with E-state index in [1.807, 2.05) is 12.1 Å². The molecule has 2 saturated heterocycles. The first-order valence-electron chi connectivity index (χ1n) is 10.5. The first-order chi connectivity index (χ1) is 14.3. The molecule has 2 heterocycles. The predicted octanol–water partition coefficient (Wildman–Crippen LogP) is 2.83. The molecule has 4 rings (SSSR count). The number of nitrogens with zero attached hydrogens (tertiary/aromatic N) is 2. The maximum atomic E-state index is 13.4. The summed E-state index contributed by atoms with van der Waals surface area (Å²) in [5.41, 5.74) is 3.67. The Bertz CT molecular complexity index is 742. The Morgan fingerprint density at radius 1 is 0.828 bits per heavy atom. The van der Waals surface area contributed by atoms with Gasteiger partial charge in [-0.2, -0.15) is 0 Å². The third kappa shape index (κ3) is 5.54. The van der Waals surface area contributed by atoms with Gasteiger partial charge in [0.1, 0.15) is 5.82 Å². The highest BCUT2D eigenvalue weighted by molar-refractivity contribution is 5.47. The van der Waals surface area contributed by atoms with Crippen molar-refractivity contribution in [2.75, 3.05) is 64.1 Å². The molecular weight excluding hydrogens is 369 g/mol. The Morgan fingerprint density at radius 3 is 2.10 bits per heavy atom. The van der Waals surface area contributed by atoms with Crippen LogP contribution in [-0.2, 0) is 16.0 Å². The van der Waals surface area contributed by atoms with Gasteiger partial charge in [0.15, 0.2) is 0 Å². The van der Waals surface area contributed by atoms with Crippen LogP contribution in [0.1, 0.15) is 17.2 Å². The van der Waals surface area contributed by atoms with E-state index >= 15 is 0 Å². The van der Waals surface area contributed by atoms with Crippen molar-refractivity contribution in [1.82, 2.24) is 10.2 Å². The number of halogens is 1. The molecule has 0 radical (unpaired) electrons. The maximum Gasteiger partial charge on any atom is 0.123 e. The molecule has 6 heteroatoms. The molecule has 0 saturated carbocycles. The first kappa shape index (κ1) is 20.3. The standard InChI is InChI=1S/C23H30FN3O2/c24-21-5-3-20(4-6-21)23(27-11-15-29-16-12-27)18-25-17-19-1-7-22(8-2-19)26-9-13-28-14-10-26/h1-8,23,25H,9-18H2. The van der Waals surface area contributed by atoms with Crippen molar-refractivity contribution in [1.29, 1.82) is 0 Å². The molecule has 2 fully saturated rings. The highest BCUT2D eigenvalue weighted by Crippen LogP contribution is 2.22. The monoisotopic (exact) mass is 399 g/mol. The van der Waals surface area contributed by atoms with Crippen molar-refractivity contribution in [3.63, 3.8) is 0 Å². The van der Waals surface area contributed by atoms with Crippen molar-refractivity contribution < 1.29 is 13.9 Å². The van der Waals surface area contributed by atoms with Crippen LogP contribution in [0, 0.1) is 5.82 Å². The number of hydrogen-bond acceptors (Lipinski definition) is 5. The van der Waals surface area contributed by atoms with Gasteiger partial charge in [-0.05, 0) is 35.4 Å². The summed E-state index contributed by atoms with van der Waals surface area (Å²) in [6, 6.07) is 15.9. The average molecular weight is 400 g/mol. The highest BCUT2D eigenvalue weighted by atomic mass is 19.1. The smallest absolute Gasteiger partial charge is 0.123 e. The quantitative estimate of drug-likeness (QED) is 0.775. The van der Waals surface area contributed by atoms with Crippen LogP contribution >= 0.6 is 0 Å². The van der Waals surface area contributed by atoms with Gasteiger partial charge in [-0.15, -0.1) is 0 Å². The Morgan fingerprint density at radius 2 is 1.45 bits per heavy atom. The zero-order valence-electron chi connectivity index (χ0n) is 16.9. The molecule has 156 valence electrons. The summed E-state index contributed by atoms with van der Waals surface area (Å²) in [5.74, 6) is -0.192. The lowest BCUT2D eigenvalue weighted by Crippen LogP contribution is -2.42. The predicted molar refractivity (Wildman–Crippen MR) is 113 cm³/mol. The lowest BCUT2D eigenvalue weighted by molar-refractivity contribution is 0.0161. The number of anilines is 1. The van der Waals surface area contributed by atoms with Crippen molar-refractivity contribution in [3.05, 3.63) is 65.5 Å². The third-order valence-corrected chi connectivity index (χ3v) is 5.72. The van der Waals surface area contributed by atoms with Crippen LogP contribution < -0.4 is 10.2 Å². The van der Waals surface area contributed by atoms with E-state index in [-0.39, 0.29) is 11.9 Å². The van der Waals surface area contributed by atoms with Crippen molar-refractivity contribution >= 4 is 5.69 Å². The summed E-state index contributed by atoms with van der Waals surface area (Å²) in [6.07, 6.45) is 0. The summed E-state index contributed by atoms with van der Waals surface area (Å²) < 4.78 is 24.3. The van der Waals surface area contributed by atoms with E-state index in [1.165, 1.54) is 11.3 Å². The van der Waals surface area contributed by atoms with Crippen LogP contribution in [0.15, 0.2) is 48.5 Å². The van der Waals surface area contributed by atoms with Crippen molar-refractivity contribution in [2.45, 2.75) is 12.6 Å². The molecule has 0 aromatic heterocycles. The Labute approximate surface area is 172 Å². The fourth-order valence-electron chi connectivity index (χ4n) is 4.03. The van der Waals surface area contributed by atoms with Gasteiger partial charge in [0.25, 0.3) is 0 Å². The van der Waals surface area contributed by atoms with Gasteiger partial charge >= 0.3 is 0 Å². The van der Waals surface area contributed by atoms with E-state index in [0.717, 1.165) is 71.3 Å². The third-order valence-electron chi connectivity index (χ3n) is 5.72. The molecule has 0 spiro atoms. The SMILES string of the molecule is Fc1ccc(C(CNCc2ccc(N3CCOCC3)cc2)N2CCOCC2)cc1. The first-order valence-corrected chi connectivity index (χ1v) is 10.5. The summed E-state index contributed by atoms with van der Waals surface area (Å²) >= 11 is 0. The van der Waals surface area contributed by atoms with Crippen molar-refractivity contribution in [3.8, 4) is 0 Å². The molecule has 5 nitrogen and oxygen atoms in total. The second kappa shape index (κ2) is 10.2. The second-order valence-corrected chi connectivity index (χ2v) is 7.61. The molecule has 2 aromatic rings. The molecule has 1 atom stereocenters. The van der Waals surface area contributed by atoms with E-state index in [0.29, 0.717) is 0 Å². The summed E-state index contributed by atoms with van der Waals surface area (Å²) in [6.45, 7) is 8.44. The molecule has 2 aliphatic heterocycles. The summed E-state index contributed by atoms with van der Waals surface area (Å²) in [7, 11) is 0. The normalized spacial score (nSPS) is 19.3. The van der Waals surface area contributed by atoms with E-state index in [1.54, 1.807) is 12.1 Å². The molecule has 2 aromatic carbocycles. The Hall–Kier alpha value is -1.99. The minimum Gasteiger partial charge on any atom is -0.379 e. The van der Waals surface area contributed by atoms with Gasteiger partial charge in [0.05, 0.1) is 26.4 Å². The van der Waals surface area contributed by atoms with E-state index in [4.69, 9.17) is 9.47 Å². The fourth-order valence-corrected chi connectivity index (χ4v) is 4.03. The molecule has 1 N–H and O–H groups in total. The van der Waals surface area contributed by atoms with E-state index in [2.05, 4.69) is 39.4 Å². The zero-order chi connectivity index (χ0) is 19.9. The Balaban J connectivity index is 1.35. The lowest BCUT2D eigenvalue weighted by Gasteiger charge is -2.35. The number of hydrogen-bond donors (Lipinski definition) is 1. The van der Waals surface area contributed by atoms with Gasteiger partial charge in [0.2, 0.25) is 0 Å². The summed E-state index contributed by atoms with van der Waals surface area (Å²) in [4.78, 5) is 4.79. The van der Waals surface area contributed by atoms with Crippen LogP contribution in [0.25, 0.3) is 0 Å². The number of rotatable bonds is 7. The minimum absolute atomic E-state index is 0.192. The zero-order valence-corrected chi connectivity index (χ0v) is 16.9. The number of benzene rings is 2. The number of morpholine rings is 2. The number of ether oxygens (including phenoxy) is 2. The lowest BCUT2D eigenvalue weighted by atomic mass is 10.0. The molecular formula is C23H30FN3O2.